The van der Waals surface area contributed by atoms with Crippen LogP contribution in [0.1, 0.15) is 40.0 Å². The highest BCUT2D eigenvalue weighted by Gasteiger charge is 2.23. The Bertz CT molecular complexity index is 212. The highest BCUT2D eigenvalue weighted by atomic mass is 16.5. The lowest BCUT2D eigenvalue weighted by molar-refractivity contribution is -0.0182. The van der Waals surface area contributed by atoms with Crippen molar-refractivity contribution >= 4 is 0 Å². The smallest absolute Gasteiger partial charge is 0.0900 e. The molecular formula is C14H30N2O2. The number of aliphatic hydroxyl groups is 1. The predicted octanol–water partition coefficient (Wildman–Crippen LogP) is 1.24. The minimum absolute atomic E-state index is 0.193. The minimum atomic E-state index is -0.366. The monoisotopic (exact) mass is 258 g/mol. The molecule has 4 heteroatoms. The molecule has 0 aromatic carbocycles. The summed E-state index contributed by atoms with van der Waals surface area (Å²) < 4.78 is 5.47. The first-order valence-corrected chi connectivity index (χ1v) is 7.38. The number of piperidine rings is 1. The van der Waals surface area contributed by atoms with Gasteiger partial charge in [0.05, 0.1) is 18.8 Å². The number of rotatable bonds is 8. The second-order valence-corrected chi connectivity index (χ2v) is 5.49. The number of likely N-dealkylation sites (tertiary alicyclic amines) is 1. The Labute approximate surface area is 112 Å². The molecule has 2 unspecified atom stereocenters. The van der Waals surface area contributed by atoms with E-state index in [9.17, 15) is 5.11 Å². The van der Waals surface area contributed by atoms with Crippen molar-refractivity contribution in [2.75, 3.05) is 32.8 Å². The van der Waals surface area contributed by atoms with Crippen LogP contribution in [0.5, 0.6) is 0 Å². The van der Waals surface area contributed by atoms with Crippen LogP contribution < -0.4 is 5.32 Å². The van der Waals surface area contributed by atoms with Gasteiger partial charge in [-0.1, -0.05) is 13.3 Å². The third-order valence-electron chi connectivity index (χ3n) is 3.45. The second kappa shape index (κ2) is 8.86. The first-order chi connectivity index (χ1) is 8.63. The first kappa shape index (κ1) is 15.9. The van der Waals surface area contributed by atoms with Crippen molar-refractivity contribution in [1.29, 1.82) is 0 Å². The van der Waals surface area contributed by atoms with Gasteiger partial charge in [-0.05, 0) is 39.8 Å². The molecule has 1 saturated heterocycles. The Morgan fingerprint density at radius 2 is 2.17 bits per heavy atom. The summed E-state index contributed by atoms with van der Waals surface area (Å²) in [7, 11) is 0. The minimum Gasteiger partial charge on any atom is -0.389 e. The Morgan fingerprint density at radius 1 is 1.39 bits per heavy atom. The van der Waals surface area contributed by atoms with E-state index in [1.54, 1.807) is 0 Å². The summed E-state index contributed by atoms with van der Waals surface area (Å²) in [5.41, 5.74) is 0. The van der Waals surface area contributed by atoms with Gasteiger partial charge < -0.3 is 15.2 Å². The summed E-state index contributed by atoms with van der Waals surface area (Å²) >= 11 is 0. The largest absolute Gasteiger partial charge is 0.389 e. The molecule has 2 atom stereocenters. The number of hydrogen-bond donors (Lipinski definition) is 2. The van der Waals surface area contributed by atoms with Crippen LogP contribution in [0.15, 0.2) is 0 Å². The molecule has 0 radical (unpaired) electrons. The highest BCUT2D eigenvalue weighted by Crippen LogP contribution is 2.16. The molecule has 18 heavy (non-hydrogen) atoms. The molecule has 0 aliphatic carbocycles. The quantitative estimate of drug-likeness (QED) is 0.687. The molecule has 1 aliphatic rings. The van der Waals surface area contributed by atoms with E-state index < -0.39 is 0 Å². The molecular weight excluding hydrogens is 228 g/mol. The van der Waals surface area contributed by atoms with Gasteiger partial charge in [0.25, 0.3) is 0 Å². The van der Waals surface area contributed by atoms with E-state index in [0.717, 1.165) is 26.2 Å². The van der Waals surface area contributed by atoms with E-state index in [1.807, 2.05) is 13.8 Å². The van der Waals surface area contributed by atoms with Crippen molar-refractivity contribution in [3.8, 4) is 0 Å². The van der Waals surface area contributed by atoms with Gasteiger partial charge in [0.2, 0.25) is 0 Å². The average Bonchev–Trinajstić information content (AvgIpc) is 2.35. The SMILES string of the molecule is CCNCC1CCCCN1CC(O)COC(C)C. The zero-order valence-corrected chi connectivity index (χ0v) is 12.2. The van der Waals surface area contributed by atoms with Crippen LogP contribution in [-0.4, -0.2) is 61.0 Å². The summed E-state index contributed by atoms with van der Waals surface area (Å²) in [4.78, 5) is 2.42. The van der Waals surface area contributed by atoms with Crippen molar-refractivity contribution in [2.45, 2.75) is 58.3 Å². The third-order valence-corrected chi connectivity index (χ3v) is 3.45. The number of hydrogen-bond acceptors (Lipinski definition) is 4. The van der Waals surface area contributed by atoms with Gasteiger partial charge in [0.1, 0.15) is 0 Å². The van der Waals surface area contributed by atoms with Crippen LogP contribution in [-0.2, 0) is 4.74 Å². The lowest BCUT2D eigenvalue weighted by Gasteiger charge is -2.37. The molecule has 0 saturated carbocycles. The van der Waals surface area contributed by atoms with Crippen molar-refractivity contribution < 1.29 is 9.84 Å². The molecule has 0 amide bonds. The lowest BCUT2D eigenvalue weighted by Crippen LogP contribution is -2.49. The van der Waals surface area contributed by atoms with E-state index >= 15 is 0 Å². The maximum atomic E-state index is 10.0. The summed E-state index contributed by atoms with van der Waals surface area (Å²) in [5, 5.41) is 13.4. The normalized spacial score (nSPS) is 23.5. The molecule has 0 bridgehead atoms. The fourth-order valence-electron chi connectivity index (χ4n) is 2.47. The van der Waals surface area contributed by atoms with E-state index in [0.29, 0.717) is 12.6 Å². The number of nitrogens with one attached hydrogen (secondary N) is 1. The van der Waals surface area contributed by atoms with Gasteiger partial charge in [0.15, 0.2) is 0 Å². The van der Waals surface area contributed by atoms with Crippen LogP contribution in [0.3, 0.4) is 0 Å². The molecule has 1 heterocycles. The maximum absolute atomic E-state index is 10.0. The summed E-state index contributed by atoms with van der Waals surface area (Å²) in [6.07, 6.45) is 3.63. The van der Waals surface area contributed by atoms with Crippen LogP contribution in [0.2, 0.25) is 0 Å². The molecule has 4 nitrogen and oxygen atoms in total. The molecule has 1 aliphatic heterocycles. The zero-order valence-electron chi connectivity index (χ0n) is 12.2. The van der Waals surface area contributed by atoms with Crippen molar-refractivity contribution in [3.63, 3.8) is 0 Å². The summed E-state index contributed by atoms with van der Waals surface area (Å²) in [5.74, 6) is 0. The van der Waals surface area contributed by atoms with Gasteiger partial charge in [-0.25, -0.2) is 0 Å². The van der Waals surface area contributed by atoms with E-state index in [4.69, 9.17) is 4.74 Å². The van der Waals surface area contributed by atoms with Crippen molar-refractivity contribution in [2.24, 2.45) is 0 Å². The predicted molar refractivity (Wildman–Crippen MR) is 74.9 cm³/mol. The van der Waals surface area contributed by atoms with Crippen LogP contribution in [0, 0.1) is 0 Å². The molecule has 0 spiro atoms. The molecule has 1 rings (SSSR count). The van der Waals surface area contributed by atoms with Gasteiger partial charge in [-0.15, -0.1) is 0 Å². The molecule has 108 valence electrons. The van der Waals surface area contributed by atoms with Gasteiger partial charge in [0, 0.05) is 19.1 Å². The second-order valence-electron chi connectivity index (χ2n) is 5.49. The fraction of sp³-hybridized carbons (Fsp3) is 1.00. The van der Waals surface area contributed by atoms with E-state index in [-0.39, 0.29) is 12.2 Å². The van der Waals surface area contributed by atoms with Crippen LogP contribution in [0.25, 0.3) is 0 Å². The average molecular weight is 258 g/mol. The molecule has 0 aromatic heterocycles. The number of aliphatic hydroxyl groups excluding tert-OH is 1. The number of likely N-dealkylation sites (N-methyl/N-ethyl adjacent to an activating group) is 1. The third kappa shape index (κ3) is 6.14. The maximum Gasteiger partial charge on any atom is 0.0900 e. The first-order valence-electron chi connectivity index (χ1n) is 7.38. The summed E-state index contributed by atoms with van der Waals surface area (Å²) in [6.45, 7) is 10.5. The Balaban J connectivity index is 2.31. The van der Waals surface area contributed by atoms with Gasteiger partial charge in [-0.3, -0.25) is 4.90 Å². The number of ether oxygens (including phenoxy) is 1. The van der Waals surface area contributed by atoms with E-state index in [1.165, 1.54) is 19.3 Å². The van der Waals surface area contributed by atoms with E-state index in [2.05, 4.69) is 17.1 Å². The Hall–Kier alpha value is -0.160. The topological polar surface area (TPSA) is 44.7 Å². The molecule has 2 N–H and O–H groups in total. The van der Waals surface area contributed by atoms with Crippen molar-refractivity contribution in [3.05, 3.63) is 0 Å². The van der Waals surface area contributed by atoms with Gasteiger partial charge in [-0.2, -0.15) is 0 Å². The van der Waals surface area contributed by atoms with Gasteiger partial charge >= 0.3 is 0 Å². The Kier molecular flexibility index (Phi) is 7.82. The highest BCUT2D eigenvalue weighted by molar-refractivity contribution is 4.80. The lowest BCUT2D eigenvalue weighted by atomic mass is 10.0. The number of β-amino-alcohol motifs (C(OH)–C–C–N with tert-alkyl or cyclic N) is 1. The summed E-state index contributed by atoms with van der Waals surface area (Å²) in [6, 6.07) is 0.576. The zero-order chi connectivity index (χ0) is 13.4. The fourth-order valence-corrected chi connectivity index (χ4v) is 2.47. The molecule has 0 aromatic rings. The van der Waals surface area contributed by atoms with Crippen molar-refractivity contribution in [1.82, 2.24) is 10.2 Å². The number of nitrogens with zero attached hydrogens (tertiary/aromatic N) is 1. The van der Waals surface area contributed by atoms with Crippen LogP contribution >= 0.6 is 0 Å². The van der Waals surface area contributed by atoms with Crippen LogP contribution in [0.4, 0.5) is 0 Å². The standard InChI is InChI=1S/C14H30N2O2/c1-4-15-9-13-7-5-6-8-16(13)10-14(17)11-18-12(2)3/h12-15,17H,4-11H2,1-3H3. The molecule has 1 fully saturated rings. The Morgan fingerprint density at radius 3 is 2.83 bits per heavy atom.